The fourth-order valence-electron chi connectivity index (χ4n) is 4.43. The summed E-state index contributed by atoms with van der Waals surface area (Å²) in [5, 5.41) is 8.84. The highest BCUT2D eigenvalue weighted by Gasteiger charge is 2.47. The minimum atomic E-state index is -0.195. The van der Waals surface area contributed by atoms with Gasteiger partial charge in [-0.3, -0.25) is 14.7 Å². The van der Waals surface area contributed by atoms with Gasteiger partial charge in [0.15, 0.2) is 0 Å². The number of aryl methyl sites for hydroxylation is 2. The Morgan fingerprint density at radius 1 is 1.20 bits per heavy atom. The summed E-state index contributed by atoms with van der Waals surface area (Å²) in [5.41, 5.74) is 3.54. The van der Waals surface area contributed by atoms with E-state index in [1.807, 2.05) is 24.0 Å². The summed E-state index contributed by atoms with van der Waals surface area (Å²) >= 11 is 0. The van der Waals surface area contributed by atoms with Crippen LogP contribution in [0.4, 0.5) is 0 Å². The Labute approximate surface area is 146 Å². The summed E-state index contributed by atoms with van der Waals surface area (Å²) < 4.78 is 0. The lowest BCUT2D eigenvalue weighted by Gasteiger charge is -2.29. The normalized spacial score (nSPS) is 25.4. The van der Waals surface area contributed by atoms with Crippen molar-refractivity contribution in [3.8, 4) is 0 Å². The number of aromatic amines is 2. The molecule has 1 amide bonds. The van der Waals surface area contributed by atoms with Gasteiger partial charge >= 0.3 is 0 Å². The van der Waals surface area contributed by atoms with E-state index in [0.717, 1.165) is 25.3 Å². The maximum absolute atomic E-state index is 13.1. The zero-order valence-corrected chi connectivity index (χ0v) is 14.6. The molecule has 2 aliphatic rings. The monoisotopic (exact) mass is 340 g/mol. The van der Waals surface area contributed by atoms with Gasteiger partial charge in [0, 0.05) is 36.8 Å². The van der Waals surface area contributed by atoms with Crippen molar-refractivity contribution in [1.29, 1.82) is 0 Å². The second-order valence-electron chi connectivity index (χ2n) is 7.29. The molecule has 6 nitrogen and oxygen atoms in total. The predicted octanol–water partition coefficient (Wildman–Crippen LogP) is 1.28. The zero-order valence-electron chi connectivity index (χ0n) is 14.6. The maximum Gasteiger partial charge on any atom is 0.267 e. The van der Waals surface area contributed by atoms with Crippen molar-refractivity contribution in [3.63, 3.8) is 0 Å². The molecule has 0 bridgehead atoms. The van der Waals surface area contributed by atoms with Crippen molar-refractivity contribution < 1.29 is 4.79 Å². The van der Waals surface area contributed by atoms with Gasteiger partial charge in [-0.2, -0.15) is 0 Å². The Bertz CT molecular complexity index is 853. The average Bonchev–Trinajstić information content (AvgIpc) is 3.26. The number of hydrogen-bond acceptors (Lipinski definition) is 3. The third-order valence-electron chi connectivity index (χ3n) is 5.81. The van der Waals surface area contributed by atoms with Crippen LogP contribution >= 0.6 is 0 Å². The number of carbonyl (C=O) groups excluding carboxylic acids is 1. The molecule has 2 saturated heterocycles. The zero-order chi connectivity index (χ0) is 17.6. The fraction of sp³-hybridized carbons (Fsp3) is 0.474. The van der Waals surface area contributed by atoms with Crippen LogP contribution in [-0.4, -0.2) is 40.6 Å². The van der Waals surface area contributed by atoms with E-state index in [0.29, 0.717) is 17.4 Å². The molecule has 132 valence electrons. The quantitative estimate of drug-likeness (QED) is 0.787. The molecule has 0 unspecified atom stereocenters. The molecule has 1 aromatic heterocycles. The number of H-pyrrole nitrogens is 2. The molecule has 6 heteroatoms. The Hall–Kier alpha value is -2.34. The summed E-state index contributed by atoms with van der Waals surface area (Å²) in [5.74, 6) is 0.964. The number of amides is 1. The molecule has 4 rings (SSSR count). The molecule has 3 atom stereocenters. The van der Waals surface area contributed by atoms with Crippen LogP contribution in [0.1, 0.15) is 28.4 Å². The Kier molecular flexibility index (Phi) is 4.00. The summed E-state index contributed by atoms with van der Waals surface area (Å²) in [6.45, 7) is 6.59. The highest BCUT2D eigenvalue weighted by molar-refractivity contribution is 5.80. The molecular weight excluding hydrogens is 316 g/mol. The van der Waals surface area contributed by atoms with Crippen LogP contribution in [0.5, 0.6) is 0 Å². The van der Waals surface area contributed by atoms with Gasteiger partial charge in [0.1, 0.15) is 0 Å². The predicted molar refractivity (Wildman–Crippen MR) is 95.3 cm³/mol. The minimum absolute atomic E-state index is 0.0378. The molecule has 2 aromatic rings. The summed E-state index contributed by atoms with van der Waals surface area (Å²) in [7, 11) is 0. The number of nitrogens with zero attached hydrogens (tertiary/aromatic N) is 1. The van der Waals surface area contributed by atoms with Crippen LogP contribution in [0.2, 0.25) is 0 Å². The topological polar surface area (TPSA) is 81.0 Å². The van der Waals surface area contributed by atoms with Crippen molar-refractivity contribution >= 4 is 5.91 Å². The first kappa shape index (κ1) is 16.1. The van der Waals surface area contributed by atoms with Crippen molar-refractivity contribution in [1.82, 2.24) is 20.4 Å². The van der Waals surface area contributed by atoms with E-state index in [9.17, 15) is 9.59 Å². The molecular formula is C19H24N4O2. The Morgan fingerprint density at radius 3 is 2.72 bits per heavy atom. The number of carbonyl (C=O) groups is 1. The highest BCUT2D eigenvalue weighted by Crippen LogP contribution is 2.43. The first-order chi connectivity index (χ1) is 12.1. The van der Waals surface area contributed by atoms with E-state index in [4.69, 9.17) is 0 Å². The molecule has 0 spiro atoms. The number of benzene rings is 1. The summed E-state index contributed by atoms with van der Waals surface area (Å²) in [4.78, 5) is 27.0. The van der Waals surface area contributed by atoms with E-state index in [1.165, 1.54) is 11.1 Å². The second-order valence-corrected chi connectivity index (χ2v) is 7.29. The summed E-state index contributed by atoms with van der Waals surface area (Å²) in [6.07, 6.45) is 0.153. The van der Waals surface area contributed by atoms with Crippen LogP contribution in [0.3, 0.4) is 0 Å². The van der Waals surface area contributed by atoms with Gasteiger partial charge in [0.05, 0.1) is 12.5 Å². The van der Waals surface area contributed by atoms with E-state index >= 15 is 0 Å². The number of rotatable bonds is 3. The third-order valence-corrected chi connectivity index (χ3v) is 5.81. The lowest BCUT2D eigenvalue weighted by molar-refractivity contribution is -0.132. The van der Waals surface area contributed by atoms with Gasteiger partial charge in [-0.15, -0.1) is 0 Å². The lowest BCUT2D eigenvalue weighted by atomic mass is 9.87. The van der Waals surface area contributed by atoms with Gasteiger partial charge in [-0.1, -0.05) is 24.3 Å². The van der Waals surface area contributed by atoms with Crippen LogP contribution in [-0.2, 0) is 11.2 Å². The molecule has 2 aliphatic heterocycles. The molecule has 0 saturated carbocycles. The van der Waals surface area contributed by atoms with Crippen molar-refractivity contribution in [2.75, 3.05) is 19.6 Å². The van der Waals surface area contributed by atoms with Gasteiger partial charge in [-0.25, -0.2) is 0 Å². The van der Waals surface area contributed by atoms with E-state index in [2.05, 4.69) is 34.6 Å². The molecule has 1 aromatic carbocycles. The number of nitrogens with one attached hydrogen (secondary N) is 3. The van der Waals surface area contributed by atoms with E-state index < -0.39 is 0 Å². The standard InChI is InChI=1S/C19H24N4O2/c1-11-5-3-4-6-14(11)18-16-9-20-8-13(16)10-23(18)17(24)7-15-12(2)21-22-19(15)25/h3-6,13,16,18,20H,7-10H2,1-2H3,(H2,21,22,25)/t13-,16-,18+/m0/s1. The van der Waals surface area contributed by atoms with Crippen LogP contribution in [0, 0.1) is 25.7 Å². The molecule has 3 N–H and O–H groups in total. The van der Waals surface area contributed by atoms with Crippen LogP contribution in [0.15, 0.2) is 29.1 Å². The molecule has 0 radical (unpaired) electrons. The number of aromatic nitrogens is 2. The van der Waals surface area contributed by atoms with Crippen molar-refractivity contribution in [2.24, 2.45) is 11.8 Å². The second kappa shape index (κ2) is 6.19. The van der Waals surface area contributed by atoms with Crippen molar-refractivity contribution in [3.05, 3.63) is 57.0 Å². The largest absolute Gasteiger partial charge is 0.335 e. The van der Waals surface area contributed by atoms with Gasteiger partial charge in [-0.05, 0) is 30.9 Å². The van der Waals surface area contributed by atoms with Gasteiger partial charge in [0.2, 0.25) is 5.91 Å². The number of likely N-dealkylation sites (tertiary alicyclic amines) is 1. The molecule has 25 heavy (non-hydrogen) atoms. The summed E-state index contributed by atoms with van der Waals surface area (Å²) in [6, 6.07) is 8.41. The smallest absolute Gasteiger partial charge is 0.267 e. The Morgan fingerprint density at radius 2 is 2.00 bits per heavy atom. The average molecular weight is 340 g/mol. The lowest BCUT2D eigenvalue weighted by Crippen LogP contribution is -2.36. The van der Waals surface area contributed by atoms with Crippen molar-refractivity contribution in [2.45, 2.75) is 26.3 Å². The first-order valence-corrected chi connectivity index (χ1v) is 8.88. The Balaban J connectivity index is 1.66. The van der Waals surface area contributed by atoms with Gasteiger partial charge < -0.3 is 15.3 Å². The SMILES string of the molecule is Cc1ccccc1[C@@H]1[C@H]2CNC[C@H]2CN1C(=O)Cc1c(C)[nH][nH]c1=O. The van der Waals surface area contributed by atoms with E-state index in [1.54, 1.807) is 0 Å². The van der Waals surface area contributed by atoms with Gasteiger partial charge in [0.25, 0.3) is 5.56 Å². The third kappa shape index (κ3) is 2.70. The number of hydrogen-bond donors (Lipinski definition) is 3. The maximum atomic E-state index is 13.1. The van der Waals surface area contributed by atoms with Crippen LogP contribution < -0.4 is 10.9 Å². The number of fused-ring (bicyclic) bond motifs is 1. The fourth-order valence-corrected chi connectivity index (χ4v) is 4.43. The highest BCUT2D eigenvalue weighted by atomic mass is 16.2. The molecule has 0 aliphatic carbocycles. The molecule has 3 heterocycles. The molecule has 2 fully saturated rings. The first-order valence-electron chi connectivity index (χ1n) is 8.88. The van der Waals surface area contributed by atoms with E-state index in [-0.39, 0.29) is 23.9 Å². The van der Waals surface area contributed by atoms with Crippen LogP contribution in [0.25, 0.3) is 0 Å². The minimum Gasteiger partial charge on any atom is -0.335 e.